The molecule has 8 rings (SSSR count). The number of halogens is 2. The number of nitro benzene ring substituents is 1. The first-order valence-corrected chi connectivity index (χ1v) is 19.8. The van der Waals surface area contributed by atoms with Crippen LogP contribution in [0, 0.1) is 35.6 Å². The normalized spacial score (nSPS) is 11.2. The quantitative estimate of drug-likeness (QED) is 0.0475. The van der Waals surface area contributed by atoms with Gasteiger partial charge in [-0.05, 0) is 123 Å². The number of anilines is 1. The van der Waals surface area contributed by atoms with Gasteiger partial charge in [-0.2, -0.15) is 10.2 Å². The molecule has 0 radical (unpaired) electrons. The molecular formula is C46H46F2N10O3. The predicted molar refractivity (Wildman–Crippen MR) is 233 cm³/mol. The third kappa shape index (κ3) is 10.1. The van der Waals surface area contributed by atoms with Gasteiger partial charge in [-0.1, -0.05) is 24.3 Å². The minimum atomic E-state index is -0.349. The van der Waals surface area contributed by atoms with Gasteiger partial charge in [-0.15, -0.1) is 0 Å². The highest BCUT2D eigenvalue weighted by Crippen LogP contribution is 2.34. The summed E-state index contributed by atoms with van der Waals surface area (Å²) in [7, 11) is 3.68. The van der Waals surface area contributed by atoms with Crippen LogP contribution in [0.25, 0.3) is 44.3 Å². The van der Waals surface area contributed by atoms with Crippen LogP contribution in [0.4, 0.5) is 20.2 Å². The number of rotatable bonds is 14. The van der Waals surface area contributed by atoms with E-state index in [0.29, 0.717) is 55.8 Å². The summed E-state index contributed by atoms with van der Waals surface area (Å²) in [6, 6.07) is 28.0. The van der Waals surface area contributed by atoms with E-state index in [4.69, 9.17) is 5.10 Å². The van der Waals surface area contributed by atoms with E-state index in [2.05, 4.69) is 37.2 Å². The fourth-order valence-corrected chi connectivity index (χ4v) is 7.29. The first-order valence-electron chi connectivity index (χ1n) is 19.8. The van der Waals surface area contributed by atoms with Crippen molar-refractivity contribution in [3.8, 4) is 22.5 Å². The van der Waals surface area contributed by atoms with E-state index in [1.165, 1.54) is 24.3 Å². The number of hydrogen-bond acceptors (Lipinski definition) is 10. The summed E-state index contributed by atoms with van der Waals surface area (Å²) in [6.45, 7) is 6.34. The Hall–Kier alpha value is -6.94. The average Bonchev–Trinajstić information content (AvgIpc) is 3.76. The molecule has 312 valence electrons. The van der Waals surface area contributed by atoms with Gasteiger partial charge >= 0.3 is 0 Å². The summed E-state index contributed by atoms with van der Waals surface area (Å²) in [5, 5.41) is 39.2. The molecule has 15 heteroatoms. The lowest BCUT2D eigenvalue weighted by molar-refractivity contribution is -0.385. The Morgan fingerprint density at radius 2 is 1.11 bits per heavy atom. The molecule has 0 bridgehead atoms. The third-order valence-corrected chi connectivity index (χ3v) is 10.4. The van der Waals surface area contributed by atoms with Crippen molar-refractivity contribution in [2.45, 2.75) is 39.8 Å². The van der Waals surface area contributed by atoms with Crippen molar-refractivity contribution in [3.05, 3.63) is 165 Å². The maximum absolute atomic E-state index is 13.0. The number of aromatic nitrogens is 6. The number of pyridine rings is 2. The molecule has 0 saturated carbocycles. The third-order valence-electron chi connectivity index (χ3n) is 10.4. The molecule has 0 aliphatic carbocycles. The highest BCUT2D eigenvalue weighted by molar-refractivity contribution is 5.96. The van der Waals surface area contributed by atoms with Gasteiger partial charge < -0.3 is 10.6 Å². The van der Waals surface area contributed by atoms with Gasteiger partial charge in [0.05, 0.1) is 21.6 Å². The van der Waals surface area contributed by atoms with E-state index in [0.717, 1.165) is 66.9 Å². The monoisotopic (exact) mass is 824 g/mol. The van der Waals surface area contributed by atoms with Gasteiger partial charge in [0.1, 0.15) is 23.0 Å². The van der Waals surface area contributed by atoms with Crippen LogP contribution in [0.2, 0.25) is 0 Å². The van der Waals surface area contributed by atoms with Crippen LogP contribution in [0.15, 0.2) is 109 Å². The zero-order valence-electron chi connectivity index (χ0n) is 34.3. The Morgan fingerprint density at radius 1 is 0.656 bits per heavy atom. The Labute approximate surface area is 351 Å². The number of hydrogen-bond donors (Lipinski definition) is 4. The van der Waals surface area contributed by atoms with Crippen molar-refractivity contribution in [2.24, 2.45) is 14.1 Å². The van der Waals surface area contributed by atoms with Crippen LogP contribution in [-0.4, -0.2) is 52.7 Å². The van der Waals surface area contributed by atoms with Crippen molar-refractivity contribution in [3.63, 3.8) is 0 Å². The second kappa shape index (κ2) is 19.0. The van der Waals surface area contributed by atoms with Gasteiger partial charge in [0.15, 0.2) is 0 Å². The summed E-state index contributed by atoms with van der Waals surface area (Å²) in [5.41, 5.74) is 13.7. The largest absolute Gasteiger partial charge is 0.312 e. The van der Waals surface area contributed by atoms with Crippen LogP contribution in [0.3, 0.4) is 0 Å². The fraction of sp³-hybridized carbons (Fsp3) is 0.217. The molecule has 0 saturated heterocycles. The van der Waals surface area contributed by atoms with Crippen LogP contribution >= 0.6 is 0 Å². The Balaban J connectivity index is 0.000000184. The molecule has 61 heavy (non-hydrogen) atoms. The van der Waals surface area contributed by atoms with E-state index >= 15 is 0 Å². The second-order valence-electron chi connectivity index (χ2n) is 14.8. The van der Waals surface area contributed by atoms with Gasteiger partial charge in [0.25, 0.3) is 5.69 Å². The molecule has 0 aliphatic rings. The number of nitrogens with one attached hydrogen (secondary N) is 3. The number of aryl methyl sites for hydroxylation is 4. The molecule has 13 nitrogen and oxygen atoms in total. The van der Waals surface area contributed by atoms with Gasteiger partial charge in [0, 0.05) is 84.5 Å². The molecule has 4 heterocycles. The molecule has 0 amide bonds. The van der Waals surface area contributed by atoms with E-state index in [1.807, 2.05) is 62.0 Å². The number of benzene rings is 4. The SMILES string of the molecule is Cc1cc(-c2nn(C)c3cc(NO)c(CCNCc4ccc(F)cc4)cc23)ccn1.Cc1cc(-c2nn(C)c3cc([N+](=O)[O-])c(CCNCc4ccc(F)cc4)cc23)ccn1. The first kappa shape index (κ1) is 42.2. The van der Waals surface area contributed by atoms with Crippen LogP contribution in [0.5, 0.6) is 0 Å². The summed E-state index contributed by atoms with van der Waals surface area (Å²) in [5.74, 6) is -0.508. The molecule has 0 atom stereocenters. The average molecular weight is 825 g/mol. The van der Waals surface area contributed by atoms with Crippen molar-refractivity contribution in [2.75, 3.05) is 18.6 Å². The van der Waals surface area contributed by atoms with E-state index in [-0.39, 0.29) is 22.2 Å². The van der Waals surface area contributed by atoms with Crippen LogP contribution in [0.1, 0.15) is 33.6 Å². The number of nitrogens with zero attached hydrogens (tertiary/aromatic N) is 7. The molecule has 4 aromatic carbocycles. The van der Waals surface area contributed by atoms with Gasteiger partial charge in [0.2, 0.25) is 0 Å². The minimum absolute atomic E-state index is 0.0801. The van der Waals surface area contributed by atoms with Gasteiger partial charge in [-0.25, -0.2) is 8.78 Å². The van der Waals surface area contributed by atoms with Crippen molar-refractivity contribution in [1.29, 1.82) is 0 Å². The topological polar surface area (TPSA) is 161 Å². The van der Waals surface area contributed by atoms with Gasteiger partial charge in [-0.3, -0.25) is 40.1 Å². The first-order chi connectivity index (χ1) is 29.5. The van der Waals surface area contributed by atoms with Crippen LogP contribution < -0.4 is 16.1 Å². The Morgan fingerprint density at radius 3 is 1.57 bits per heavy atom. The zero-order chi connectivity index (χ0) is 43.0. The maximum atomic E-state index is 13.0. The lowest BCUT2D eigenvalue weighted by Gasteiger charge is -2.11. The van der Waals surface area contributed by atoms with Crippen molar-refractivity contribution < 1.29 is 18.9 Å². The van der Waals surface area contributed by atoms with E-state index < -0.39 is 0 Å². The van der Waals surface area contributed by atoms with E-state index in [1.54, 1.807) is 54.5 Å². The standard InChI is InChI=1S/C23H22FN5O2.C23H24FN5O/c1-15-11-18(8-10-26-15)23-20-12-17(21(29(30)31)13-22(20)28(2)27-23)7-9-25-14-16-3-5-19(24)6-4-16;1-15-11-18(8-10-26-15)23-20-12-17(21(28-30)13-22(20)29(2)27-23)7-9-25-14-16-3-5-19(24)6-4-16/h3-6,8,10-13,25H,7,9,14H2,1-2H3;3-6,8,10-13,25,28,30H,7,9,14H2,1-2H3. The Bertz CT molecular complexity index is 2810. The minimum Gasteiger partial charge on any atom is -0.312 e. The van der Waals surface area contributed by atoms with Crippen LogP contribution in [-0.2, 0) is 40.0 Å². The summed E-state index contributed by atoms with van der Waals surface area (Å²) in [4.78, 5) is 19.9. The van der Waals surface area contributed by atoms with Crippen molar-refractivity contribution in [1.82, 2.24) is 40.2 Å². The highest BCUT2D eigenvalue weighted by Gasteiger charge is 2.21. The molecule has 0 spiro atoms. The molecule has 0 unspecified atom stereocenters. The smallest absolute Gasteiger partial charge is 0.274 e. The highest BCUT2D eigenvalue weighted by atomic mass is 19.1. The lowest BCUT2D eigenvalue weighted by Crippen LogP contribution is -2.17. The molecule has 4 N–H and O–H groups in total. The number of fused-ring (bicyclic) bond motifs is 2. The predicted octanol–water partition coefficient (Wildman–Crippen LogP) is 8.54. The Kier molecular flexibility index (Phi) is 13.1. The molecule has 4 aromatic heterocycles. The summed E-state index contributed by atoms with van der Waals surface area (Å²) in [6.07, 6.45) is 4.72. The fourth-order valence-electron chi connectivity index (χ4n) is 7.29. The molecule has 0 aliphatic heterocycles. The summed E-state index contributed by atoms with van der Waals surface area (Å²) < 4.78 is 29.5. The van der Waals surface area contributed by atoms with Crippen molar-refractivity contribution >= 4 is 33.2 Å². The number of nitro groups is 1. The molecule has 0 fully saturated rings. The molecular weight excluding hydrogens is 779 g/mol. The maximum Gasteiger partial charge on any atom is 0.274 e. The summed E-state index contributed by atoms with van der Waals surface area (Å²) >= 11 is 0. The lowest BCUT2D eigenvalue weighted by atomic mass is 10.0. The second-order valence-corrected chi connectivity index (χ2v) is 14.8. The molecule has 8 aromatic rings. The zero-order valence-corrected chi connectivity index (χ0v) is 34.3. The van der Waals surface area contributed by atoms with E-state index in [9.17, 15) is 24.1 Å².